The van der Waals surface area contributed by atoms with Crippen LogP contribution in [0.2, 0.25) is 5.02 Å². The van der Waals surface area contributed by atoms with Crippen LogP contribution >= 0.6 is 11.6 Å². The van der Waals surface area contributed by atoms with Crippen LogP contribution in [0, 0.1) is 11.7 Å². The van der Waals surface area contributed by atoms with Crippen molar-refractivity contribution < 1.29 is 18.3 Å². The summed E-state index contributed by atoms with van der Waals surface area (Å²) in [5.41, 5.74) is 1.55. The summed E-state index contributed by atoms with van der Waals surface area (Å²) in [6.07, 6.45) is 2.15. The predicted molar refractivity (Wildman–Crippen MR) is 106 cm³/mol. The van der Waals surface area contributed by atoms with E-state index in [2.05, 4.69) is 25.6 Å². The van der Waals surface area contributed by atoms with E-state index in [0.717, 1.165) is 0 Å². The molecule has 1 saturated carbocycles. The molecule has 1 aliphatic carbocycles. The number of nitrogens with one attached hydrogen (secondary N) is 2. The first kappa shape index (κ1) is 18.7. The number of aromatic nitrogens is 5. The maximum atomic E-state index is 14.9. The summed E-state index contributed by atoms with van der Waals surface area (Å²) >= 11 is 6.33. The van der Waals surface area contributed by atoms with E-state index in [1.807, 2.05) is 0 Å². The number of aromatic amines is 1. The minimum absolute atomic E-state index is 0.00120. The van der Waals surface area contributed by atoms with Gasteiger partial charge in [0.2, 0.25) is 5.91 Å². The number of hydrogen-bond acceptors (Lipinski definition) is 5. The highest BCUT2D eigenvalue weighted by Crippen LogP contribution is 2.41. The second-order valence-corrected chi connectivity index (χ2v) is 7.30. The van der Waals surface area contributed by atoms with Crippen LogP contribution in [-0.4, -0.2) is 43.5 Å². The van der Waals surface area contributed by atoms with Crippen molar-refractivity contribution in [2.24, 2.45) is 5.92 Å². The Bertz CT molecular complexity index is 1300. The number of rotatable bonds is 5. The molecule has 0 bridgehead atoms. The Kier molecular flexibility index (Phi) is 4.31. The van der Waals surface area contributed by atoms with E-state index in [4.69, 9.17) is 16.3 Å². The molecule has 154 valence electrons. The number of hydrogen-bond donors (Lipinski definition) is 2. The molecule has 3 heterocycles. The lowest BCUT2D eigenvalue weighted by Gasteiger charge is -2.12. The van der Waals surface area contributed by atoms with Crippen molar-refractivity contribution >= 4 is 39.9 Å². The van der Waals surface area contributed by atoms with Crippen LogP contribution < -0.4 is 10.1 Å². The monoisotopic (exact) mass is 432 g/mol. The first-order chi connectivity index (χ1) is 14.5. The third kappa shape index (κ3) is 2.95. The fourth-order valence-electron chi connectivity index (χ4n) is 3.35. The second-order valence-electron chi connectivity index (χ2n) is 6.92. The SMILES string of the molecule is CCOc1c(F)c(Cl)c(-c2ccc3nc(NC(=O)C4CC4F)cn3n2)c2cn[nH]c12. The van der Waals surface area contributed by atoms with Crippen LogP contribution in [0.4, 0.5) is 14.6 Å². The van der Waals surface area contributed by atoms with Gasteiger partial charge in [-0.25, -0.2) is 18.3 Å². The van der Waals surface area contributed by atoms with Gasteiger partial charge in [0, 0.05) is 10.9 Å². The van der Waals surface area contributed by atoms with Crippen molar-refractivity contribution in [1.82, 2.24) is 24.8 Å². The molecule has 1 aliphatic rings. The van der Waals surface area contributed by atoms with E-state index in [-0.39, 0.29) is 29.6 Å². The quantitative estimate of drug-likeness (QED) is 0.500. The Morgan fingerprint density at radius 1 is 1.47 bits per heavy atom. The van der Waals surface area contributed by atoms with Crippen molar-refractivity contribution in [3.63, 3.8) is 0 Å². The average Bonchev–Trinajstić information content (AvgIpc) is 3.11. The maximum absolute atomic E-state index is 14.9. The Morgan fingerprint density at radius 3 is 3.00 bits per heavy atom. The summed E-state index contributed by atoms with van der Waals surface area (Å²) in [7, 11) is 0. The maximum Gasteiger partial charge on any atom is 0.231 e. The molecule has 1 amide bonds. The number of carbonyl (C=O) groups excluding carboxylic acids is 1. The summed E-state index contributed by atoms with van der Waals surface area (Å²) in [5, 5.41) is 14.2. The number of halogens is 3. The Labute approximate surface area is 173 Å². The molecule has 2 unspecified atom stereocenters. The highest BCUT2D eigenvalue weighted by molar-refractivity contribution is 6.35. The van der Waals surface area contributed by atoms with Crippen molar-refractivity contribution in [2.45, 2.75) is 19.5 Å². The molecule has 30 heavy (non-hydrogen) atoms. The first-order valence-electron chi connectivity index (χ1n) is 9.26. The van der Waals surface area contributed by atoms with Gasteiger partial charge < -0.3 is 10.1 Å². The van der Waals surface area contributed by atoms with Crippen molar-refractivity contribution in [3.8, 4) is 17.0 Å². The molecule has 0 aliphatic heterocycles. The summed E-state index contributed by atoms with van der Waals surface area (Å²) in [4.78, 5) is 16.2. The topological polar surface area (TPSA) is 97.2 Å². The fraction of sp³-hybridized carbons (Fsp3) is 0.263. The normalized spacial score (nSPS) is 18.1. The molecular formula is C19H15ClF2N6O2. The molecule has 11 heteroatoms. The number of H-pyrrole nitrogens is 1. The highest BCUT2D eigenvalue weighted by atomic mass is 35.5. The summed E-state index contributed by atoms with van der Waals surface area (Å²) < 4.78 is 34.8. The van der Waals surface area contributed by atoms with Crippen LogP contribution in [0.15, 0.2) is 24.5 Å². The highest BCUT2D eigenvalue weighted by Gasteiger charge is 2.43. The predicted octanol–water partition coefficient (Wildman–Crippen LogP) is 3.76. The van der Waals surface area contributed by atoms with E-state index in [1.165, 1.54) is 16.9 Å². The number of imidazole rings is 1. The standard InChI is InChI=1S/C19H15ClF2N6O2/c1-2-30-18-16(22)15(20)14(9-6-23-26-17(9)18)11-3-4-13-24-12(7-28(13)27-11)25-19(29)8-5-10(8)21/h3-4,6-8,10H,2,5H2,1H3,(H,23,26)(H,25,29). The third-order valence-electron chi connectivity index (χ3n) is 4.91. The van der Waals surface area contributed by atoms with Crippen LogP contribution in [0.25, 0.3) is 27.8 Å². The second kappa shape index (κ2) is 6.91. The molecule has 2 atom stereocenters. The van der Waals surface area contributed by atoms with Crippen molar-refractivity contribution in [3.05, 3.63) is 35.4 Å². The summed E-state index contributed by atoms with van der Waals surface area (Å²) in [5.74, 6) is -1.50. The molecular weight excluding hydrogens is 418 g/mol. The van der Waals surface area contributed by atoms with Gasteiger partial charge in [0.05, 0.1) is 35.6 Å². The van der Waals surface area contributed by atoms with Gasteiger partial charge in [0.15, 0.2) is 23.0 Å². The number of anilines is 1. The van der Waals surface area contributed by atoms with Gasteiger partial charge in [-0.15, -0.1) is 0 Å². The first-order valence-corrected chi connectivity index (χ1v) is 9.64. The van der Waals surface area contributed by atoms with Crippen molar-refractivity contribution in [2.75, 3.05) is 11.9 Å². The molecule has 3 aromatic heterocycles. The van der Waals surface area contributed by atoms with Gasteiger partial charge >= 0.3 is 0 Å². The van der Waals surface area contributed by atoms with E-state index in [0.29, 0.717) is 27.8 Å². The fourth-order valence-corrected chi connectivity index (χ4v) is 3.63. The molecule has 0 saturated heterocycles. The van der Waals surface area contributed by atoms with E-state index >= 15 is 0 Å². The zero-order valence-corrected chi connectivity index (χ0v) is 16.4. The van der Waals surface area contributed by atoms with Crippen molar-refractivity contribution in [1.29, 1.82) is 0 Å². The molecule has 8 nitrogen and oxygen atoms in total. The van der Waals surface area contributed by atoms with Gasteiger partial charge in [-0.3, -0.25) is 9.89 Å². The van der Waals surface area contributed by atoms with Gasteiger partial charge in [-0.05, 0) is 25.5 Å². The minimum atomic E-state index is -1.10. The van der Waals surface area contributed by atoms with Crippen LogP contribution in [0.3, 0.4) is 0 Å². The smallest absolute Gasteiger partial charge is 0.231 e. The summed E-state index contributed by atoms with van der Waals surface area (Å²) in [6.45, 7) is 2.00. The van der Waals surface area contributed by atoms with Crippen LogP contribution in [0.1, 0.15) is 13.3 Å². The molecule has 1 fully saturated rings. The number of ether oxygens (including phenoxy) is 1. The van der Waals surface area contributed by atoms with Crippen LogP contribution in [-0.2, 0) is 4.79 Å². The summed E-state index contributed by atoms with van der Waals surface area (Å²) in [6, 6.07) is 3.30. The van der Waals surface area contributed by atoms with E-state index in [1.54, 1.807) is 19.1 Å². The lowest BCUT2D eigenvalue weighted by atomic mass is 10.1. The van der Waals surface area contributed by atoms with Gasteiger partial charge in [-0.1, -0.05) is 11.6 Å². The average molecular weight is 433 g/mol. The van der Waals surface area contributed by atoms with Crippen LogP contribution in [0.5, 0.6) is 5.75 Å². The minimum Gasteiger partial charge on any atom is -0.489 e. The third-order valence-corrected chi connectivity index (χ3v) is 5.27. The van der Waals surface area contributed by atoms with Gasteiger partial charge in [-0.2, -0.15) is 10.2 Å². The lowest BCUT2D eigenvalue weighted by molar-refractivity contribution is -0.117. The molecule has 0 spiro atoms. The molecule has 4 aromatic rings. The Hall–Kier alpha value is -3.27. The molecule has 5 rings (SSSR count). The molecule has 0 radical (unpaired) electrons. The van der Waals surface area contributed by atoms with E-state index < -0.39 is 23.8 Å². The number of benzene rings is 1. The number of amides is 1. The Balaban J connectivity index is 1.57. The zero-order valence-electron chi connectivity index (χ0n) is 15.6. The zero-order chi connectivity index (χ0) is 21.0. The van der Waals surface area contributed by atoms with E-state index in [9.17, 15) is 13.6 Å². The molecule has 1 aromatic carbocycles. The Morgan fingerprint density at radius 2 is 2.27 bits per heavy atom. The number of fused-ring (bicyclic) bond motifs is 2. The largest absolute Gasteiger partial charge is 0.489 e. The van der Waals surface area contributed by atoms with Gasteiger partial charge in [0.1, 0.15) is 11.7 Å². The molecule has 2 N–H and O–H groups in total. The number of carbonyl (C=O) groups is 1. The van der Waals surface area contributed by atoms with Gasteiger partial charge in [0.25, 0.3) is 0 Å². The lowest BCUT2D eigenvalue weighted by Crippen LogP contribution is -2.15. The number of alkyl halides is 1. The number of nitrogens with zero attached hydrogens (tertiary/aromatic N) is 4.